The van der Waals surface area contributed by atoms with Crippen LogP contribution in [0, 0.1) is 10.2 Å². The zero-order valence-electron chi connectivity index (χ0n) is 21.1. The van der Waals surface area contributed by atoms with Crippen LogP contribution in [-0.2, 0) is 3.37 Å². The van der Waals surface area contributed by atoms with Crippen molar-refractivity contribution in [3.8, 4) is 0 Å². The van der Waals surface area contributed by atoms with Crippen LogP contribution in [0.4, 0.5) is 0 Å². The molecule has 6 rings (SSSR count). The van der Waals surface area contributed by atoms with Crippen molar-refractivity contribution in [2.24, 2.45) is 0 Å². The number of halogens is 1. The third kappa shape index (κ3) is 5.91. The fraction of sp³-hybridized carbons (Fsp3) is 0. The van der Waals surface area contributed by atoms with Crippen LogP contribution in [0.1, 0.15) is 22.3 Å². The number of hydrogen-bond acceptors (Lipinski definition) is 5. The predicted octanol–water partition coefficient (Wildman–Crippen LogP) is 3.79. The van der Waals surface area contributed by atoms with Crippen molar-refractivity contribution >= 4 is 50.5 Å². The number of thioether (sulfide) groups is 1. The number of benzene rings is 4. The molecule has 1 unspecified atom stereocenters. The number of allylic oxidation sites excluding steroid dienone is 7. The van der Waals surface area contributed by atoms with Gasteiger partial charge in [-0.25, -0.2) is 0 Å². The molecule has 4 aromatic rings. The Labute approximate surface area is 243 Å². The standard InChI is InChI=1S/C33H23ClO4SSe/c35-34(36,37)38-40-32-21-10-8-19-29(32)27(23-33(40)25-14-5-2-6-15-25)17-11-16-26-22-31(24-12-3-1-4-13-24)39-30-20-9-7-18-28(26)30/h1-23H/b17-11+,26-16+. The van der Waals surface area contributed by atoms with Gasteiger partial charge in [-0.2, -0.15) is 0 Å². The molecule has 1 atom stereocenters. The summed E-state index contributed by atoms with van der Waals surface area (Å²) >= 11 is -0.871. The Morgan fingerprint density at radius 2 is 1.30 bits per heavy atom. The van der Waals surface area contributed by atoms with Crippen LogP contribution < -0.4 is 18.4 Å². The molecule has 0 N–H and O–H groups in total. The quantitative estimate of drug-likeness (QED) is 0.304. The van der Waals surface area contributed by atoms with Crippen LogP contribution in [-0.4, -0.2) is 18.2 Å². The number of rotatable bonds is 6. The summed E-state index contributed by atoms with van der Waals surface area (Å²) in [5, 5.41) is 0. The minimum absolute atomic E-state index is 0.726. The Balaban J connectivity index is 1.44. The molecule has 2 aliphatic rings. The third-order valence-corrected chi connectivity index (χ3v) is 12.8. The molecule has 0 radical (unpaired) electrons. The Kier molecular flexibility index (Phi) is 7.85. The summed E-state index contributed by atoms with van der Waals surface area (Å²) in [4.78, 5) is 2.39. The Bertz CT molecular complexity index is 1720. The van der Waals surface area contributed by atoms with Gasteiger partial charge < -0.3 is 0 Å². The maximum atomic E-state index is 11.7. The van der Waals surface area contributed by atoms with Gasteiger partial charge in [-0.1, -0.05) is 6.07 Å². The Hall–Kier alpha value is -3.29. The molecule has 0 spiro atoms. The normalized spacial score (nSPS) is 17.8. The third-order valence-electron chi connectivity index (χ3n) is 6.40. The molecule has 2 heterocycles. The zero-order chi connectivity index (χ0) is 27.5. The first-order valence-corrected chi connectivity index (χ1v) is 16.9. The molecular formula is C33H23ClO4SSe. The van der Waals surface area contributed by atoms with E-state index in [9.17, 15) is 14.0 Å². The van der Waals surface area contributed by atoms with Gasteiger partial charge in [-0.3, -0.25) is 0 Å². The van der Waals surface area contributed by atoms with Crippen molar-refractivity contribution in [1.82, 2.24) is 0 Å². The molecule has 40 heavy (non-hydrogen) atoms. The van der Waals surface area contributed by atoms with Crippen LogP contribution in [0.5, 0.6) is 0 Å². The second kappa shape index (κ2) is 11.7. The Morgan fingerprint density at radius 3 is 2.02 bits per heavy atom. The molecule has 0 bridgehead atoms. The second-order valence-electron chi connectivity index (χ2n) is 8.99. The van der Waals surface area contributed by atoms with E-state index in [1.54, 1.807) is 11.8 Å². The SMILES string of the molecule is [O-][Cl+3]([O-])([O-])O[Se]1=C(c2ccccc2)C=C(/C=C/C=C2\C=C(c3ccccc3)Sc3ccccc32)c2ccccc21. The van der Waals surface area contributed by atoms with Gasteiger partial charge in [0.25, 0.3) is 0 Å². The molecule has 198 valence electrons. The molecule has 0 saturated heterocycles. The van der Waals surface area contributed by atoms with Gasteiger partial charge in [0.15, 0.2) is 0 Å². The fourth-order valence-electron chi connectivity index (χ4n) is 4.63. The first-order chi connectivity index (χ1) is 19.5. The van der Waals surface area contributed by atoms with Crippen molar-refractivity contribution in [2.75, 3.05) is 0 Å². The Morgan fingerprint density at radius 1 is 0.675 bits per heavy atom. The van der Waals surface area contributed by atoms with Gasteiger partial charge in [0, 0.05) is 0 Å². The average molecular weight is 630 g/mol. The van der Waals surface area contributed by atoms with E-state index in [1.807, 2.05) is 97.1 Å². The first-order valence-electron chi connectivity index (χ1n) is 12.5. The summed E-state index contributed by atoms with van der Waals surface area (Å²) in [5.74, 6) is 0. The molecule has 4 aromatic carbocycles. The number of hydrogen-bond donors (Lipinski definition) is 0. The van der Waals surface area contributed by atoms with Crippen molar-refractivity contribution in [3.63, 3.8) is 0 Å². The monoisotopic (exact) mass is 630 g/mol. The van der Waals surface area contributed by atoms with E-state index >= 15 is 0 Å². The second-order valence-corrected chi connectivity index (χ2v) is 14.7. The molecule has 0 amide bonds. The van der Waals surface area contributed by atoms with Crippen molar-refractivity contribution in [1.29, 1.82) is 0 Å². The van der Waals surface area contributed by atoms with Crippen molar-refractivity contribution < 1.29 is 27.6 Å². The molecule has 0 fully saturated rings. The van der Waals surface area contributed by atoms with Gasteiger partial charge in [0.2, 0.25) is 0 Å². The summed E-state index contributed by atoms with van der Waals surface area (Å²) in [6.45, 7) is 0. The van der Waals surface area contributed by atoms with Gasteiger partial charge in [-0.15, -0.1) is 0 Å². The van der Waals surface area contributed by atoms with Gasteiger partial charge in [-0.05, 0) is 0 Å². The molecule has 2 aliphatic heterocycles. The summed E-state index contributed by atoms with van der Waals surface area (Å²) in [6.07, 6.45) is 10.3. The van der Waals surface area contributed by atoms with E-state index in [-0.39, 0.29) is 0 Å². The fourth-order valence-corrected chi connectivity index (χ4v) is 10.8. The summed E-state index contributed by atoms with van der Waals surface area (Å²) in [6, 6.07) is 35.8. The van der Waals surface area contributed by atoms with Crippen molar-refractivity contribution in [2.45, 2.75) is 4.90 Å². The van der Waals surface area contributed by atoms with Crippen LogP contribution in [0.3, 0.4) is 0 Å². The van der Waals surface area contributed by atoms with E-state index in [0.29, 0.717) is 0 Å². The topological polar surface area (TPSA) is 78.4 Å². The van der Waals surface area contributed by atoms with E-state index in [4.69, 9.17) is 3.37 Å². The van der Waals surface area contributed by atoms with Crippen molar-refractivity contribution in [3.05, 3.63) is 162 Å². The molecule has 0 saturated carbocycles. The minimum atomic E-state index is -4.59. The number of fused-ring (bicyclic) bond motifs is 2. The molecule has 0 aliphatic carbocycles. The summed E-state index contributed by atoms with van der Waals surface area (Å²) < 4.78 is 41.8. The van der Waals surface area contributed by atoms with Gasteiger partial charge in [0.05, 0.1) is 0 Å². The molecule has 7 heteroatoms. The first kappa shape index (κ1) is 26.9. The van der Waals surface area contributed by atoms with Crippen LogP contribution in [0.15, 0.2) is 144 Å². The van der Waals surface area contributed by atoms with Crippen LogP contribution >= 0.6 is 11.8 Å². The van der Waals surface area contributed by atoms with Crippen LogP contribution in [0.2, 0.25) is 0 Å². The van der Waals surface area contributed by atoms with Gasteiger partial charge >= 0.3 is 239 Å². The van der Waals surface area contributed by atoms with Gasteiger partial charge in [0.1, 0.15) is 0 Å². The predicted molar refractivity (Wildman–Crippen MR) is 155 cm³/mol. The maximum absolute atomic E-state index is 11.7. The average Bonchev–Trinajstić information content (AvgIpc) is 2.98. The zero-order valence-corrected chi connectivity index (χ0v) is 24.4. The molecular weight excluding hydrogens is 607 g/mol. The van der Waals surface area contributed by atoms with E-state index < -0.39 is 24.0 Å². The molecule has 0 aromatic heterocycles. The van der Waals surface area contributed by atoms with E-state index in [2.05, 4.69) is 42.5 Å². The summed E-state index contributed by atoms with van der Waals surface area (Å²) in [5.41, 5.74) is 6.06. The summed E-state index contributed by atoms with van der Waals surface area (Å²) in [7, 11) is -4.59. The van der Waals surface area contributed by atoms with E-state index in [0.717, 1.165) is 31.2 Å². The van der Waals surface area contributed by atoms with E-state index in [1.165, 1.54) is 20.9 Å². The molecule has 4 nitrogen and oxygen atoms in total. The van der Waals surface area contributed by atoms with Crippen LogP contribution in [0.25, 0.3) is 16.1 Å².